The summed E-state index contributed by atoms with van der Waals surface area (Å²) in [5, 5.41) is 0. The van der Waals surface area contributed by atoms with Crippen molar-refractivity contribution in [1.82, 2.24) is 29.4 Å². The van der Waals surface area contributed by atoms with E-state index in [2.05, 4.69) is 62.9 Å². The largest absolute Gasteiger partial charge is 0.354 e. The van der Waals surface area contributed by atoms with Crippen LogP contribution in [0.5, 0.6) is 0 Å². The molecular formula is C23H25N7. The summed E-state index contributed by atoms with van der Waals surface area (Å²) in [5.41, 5.74) is 5.80. The minimum Gasteiger partial charge on any atom is -0.354 e. The quantitative estimate of drug-likeness (QED) is 0.525. The monoisotopic (exact) mass is 399 g/mol. The van der Waals surface area contributed by atoms with Crippen molar-refractivity contribution in [2.24, 2.45) is 0 Å². The highest BCUT2D eigenvalue weighted by molar-refractivity contribution is 5.78. The fourth-order valence-electron chi connectivity index (χ4n) is 3.94. The second-order valence-corrected chi connectivity index (χ2v) is 7.87. The molecule has 1 aromatic carbocycles. The van der Waals surface area contributed by atoms with Crippen molar-refractivity contribution in [3.05, 3.63) is 71.9 Å². The molecule has 1 aliphatic rings. The Bertz CT molecular complexity index is 1160. The van der Waals surface area contributed by atoms with E-state index in [1.807, 2.05) is 35.6 Å². The van der Waals surface area contributed by atoms with Crippen molar-refractivity contribution in [1.29, 1.82) is 0 Å². The van der Waals surface area contributed by atoms with Gasteiger partial charge in [0, 0.05) is 51.3 Å². The molecule has 0 atom stereocenters. The van der Waals surface area contributed by atoms with Crippen LogP contribution in [0.3, 0.4) is 0 Å². The average Bonchev–Trinajstić information content (AvgIpc) is 3.18. The maximum absolute atomic E-state index is 4.86. The van der Waals surface area contributed by atoms with Crippen molar-refractivity contribution in [2.75, 3.05) is 31.1 Å². The molecular weight excluding hydrogens is 374 g/mol. The first-order valence-electron chi connectivity index (χ1n) is 10.3. The lowest BCUT2D eigenvalue weighted by molar-refractivity contribution is 0.249. The summed E-state index contributed by atoms with van der Waals surface area (Å²) < 4.78 is 1.98. The topological polar surface area (TPSA) is 63.0 Å². The van der Waals surface area contributed by atoms with E-state index in [4.69, 9.17) is 4.98 Å². The van der Waals surface area contributed by atoms with Crippen LogP contribution >= 0.6 is 0 Å². The molecule has 30 heavy (non-hydrogen) atoms. The van der Waals surface area contributed by atoms with Crippen LogP contribution < -0.4 is 4.90 Å². The molecule has 1 fully saturated rings. The highest BCUT2D eigenvalue weighted by Gasteiger charge is 2.19. The van der Waals surface area contributed by atoms with E-state index in [0.717, 1.165) is 49.6 Å². The predicted octanol–water partition coefficient (Wildman–Crippen LogP) is 3.15. The Morgan fingerprint density at radius 3 is 2.43 bits per heavy atom. The lowest BCUT2D eigenvalue weighted by atomic mass is 10.1. The van der Waals surface area contributed by atoms with Crippen molar-refractivity contribution in [2.45, 2.75) is 20.4 Å². The Morgan fingerprint density at radius 1 is 0.867 bits per heavy atom. The lowest BCUT2D eigenvalue weighted by Gasteiger charge is -2.35. The smallest absolute Gasteiger partial charge is 0.237 e. The van der Waals surface area contributed by atoms with Gasteiger partial charge in [-0.05, 0) is 60.9 Å². The van der Waals surface area contributed by atoms with Crippen molar-refractivity contribution in [3.8, 4) is 5.95 Å². The standard InChI is InChI=1S/C23H25N7/c1-17-13-20-21(14-18(17)2)30(16-26-20)23-25-8-5-22(27-23)29-11-9-28(10-12-29)15-19-3-6-24-7-4-19/h3-8,13-14,16H,9-12,15H2,1-2H3. The van der Waals surface area contributed by atoms with E-state index in [1.165, 1.54) is 16.7 Å². The summed E-state index contributed by atoms with van der Waals surface area (Å²) >= 11 is 0. The number of nitrogens with zero attached hydrogens (tertiary/aromatic N) is 7. The van der Waals surface area contributed by atoms with Crippen molar-refractivity contribution >= 4 is 16.9 Å². The summed E-state index contributed by atoms with van der Waals surface area (Å²) in [6.07, 6.45) is 7.37. The number of imidazole rings is 1. The second-order valence-electron chi connectivity index (χ2n) is 7.87. The summed E-state index contributed by atoms with van der Waals surface area (Å²) in [4.78, 5) is 22.8. The third kappa shape index (κ3) is 3.64. The number of piperazine rings is 1. The first-order valence-corrected chi connectivity index (χ1v) is 10.3. The van der Waals surface area contributed by atoms with E-state index in [1.54, 1.807) is 0 Å². The number of hydrogen-bond donors (Lipinski definition) is 0. The molecule has 0 amide bonds. The maximum Gasteiger partial charge on any atom is 0.237 e. The molecule has 0 saturated carbocycles. The van der Waals surface area contributed by atoms with Gasteiger partial charge in [-0.25, -0.2) is 9.97 Å². The number of anilines is 1. The molecule has 7 heteroatoms. The van der Waals surface area contributed by atoms with Gasteiger partial charge in [0.15, 0.2) is 0 Å². The summed E-state index contributed by atoms with van der Waals surface area (Å²) in [5.74, 6) is 1.63. The third-order valence-electron chi connectivity index (χ3n) is 5.86. The summed E-state index contributed by atoms with van der Waals surface area (Å²) in [7, 11) is 0. The number of aryl methyl sites for hydroxylation is 2. The zero-order valence-corrected chi connectivity index (χ0v) is 17.4. The van der Waals surface area contributed by atoms with Crippen molar-refractivity contribution in [3.63, 3.8) is 0 Å². The molecule has 1 saturated heterocycles. The van der Waals surface area contributed by atoms with Gasteiger partial charge in [-0.15, -0.1) is 0 Å². The molecule has 0 bridgehead atoms. The molecule has 0 aliphatic carbocycles. The van der Waals surface area contributed by atoms with Crippen LogP contribution in [0.2, 0.25) is 0 Å². The molecule has 4 aromatic rings. The lowest BCUT2D eigenvalue weighted by Crippen LogP contribution is -2.46. The highest BCUT2D eigenvalue weighted by Crippen LogP contribution is 2.22. The molecule has 1 aliphatic heterocycles. The van der Waals surface area contributed by atoms with Crippen LogP contribution in [0.25, 0.3) is 17.0 Å². The van der Waals surface area contributed by atoms with Gasteiger partial charge < -0.3 is 4.90 Å². The van der Waals surface area contributed by atoms with E-state index in [0.29, 0.717) is 5.95 Å². The Balaban J connectivity index is 1.33. The summed E-state index contributed by atoms with van der Waals surface area (Å²) in [6.45, 7) is 9.11. The minimum atomic E-state index is 0.664. The van der Waals surface area contributed by atoms with Crippen LogP contribution in [-0.2, 0) is 6.54 Å². The van der Waals surface area contributed by atoms with Gasteiger partial charge in [0.1, 0.15) is 12.1 Å². The SMILES string of the molecule is Cc1cc2ncn(-c3nccc(N4CCN(Cc5ccncc5)CC4)n3)c2cc1C. The van der Waals surface area contributed by atoms with E-state index >= 15 is 0 Å². The maximum atomic E-state index is 4.86. The normalized spacial score (nSPS) is 15.1. The average molecular weight is 400 g/mol. The van der Waals surface area contributed by atoms with Crippen LogP contribution in [-0.4, -0.2) is 55.6 Å². The number of pyridine rings is 1. The Kier molecular flexibility index (Phi) is 4.88. The van der Waals surface area contributed by atoms with E-state index in [9.17, 15) is 0 Å². The molecule has 0 N–H and O–H groups in total. The van der Waals surface area contributed by atoms with Gasteiger partial charge in [0.2, 0.25) is 5.95 Å². The molecule has 0 spiro atoms. The van der Waals surface area contributed by atoms with Crippen LogP contribution in [0, 0.1) is 13.8 Å². The van der Waals surface area contributed by atoms with Crippen molar-refractivity contribution < 1.29 is 0 Å². The molecule has 0 unspecified atom stereocenters. The van der Waals surface area contributed by atoms with Gasteiger partial charge in [0.05, 0.1) is 11.0 Å². The minimum absolute atomic E-state index is 0.664. The Labute approximate surface area is 176 Å². The van der Waals surface area contributed by atoms with E-state index < -0.39 is 0 Å². The first-order chi connectivity index (χ1) is 14.7. The fraction of sp³-hybridized carbons (Fsp3) is 0.304. The second kappa shape index (κ2) is 7.84. The van der Waals surface area contributed by atoms with E-state index in [-0.39, 0.29) is 0 Å². The van der Waals surface area contributed by atoms with Gasteiger partial charge in [-0.1, -0.05) is 0 Å². The number of aromatic nitrogens is 5. The molecule has 4 heterocycles. The molecule has 5 rings (SSSR count). The number of benzene rings is 1. The number of rotatable bonds is 4. The predicted molar refractivity (Wildman–Crippen MR) is 118 cm³/mol. The zero-order valence-electron chi connectivity index (χ0n) is 17.4. The van der Waals surface area contributed by atoms with Gasteiger partial charge >= 0.3 is 0 Å². The van der Waals surface area contributed by atoms with Crippen LogP contribution in [0.15, 0.2) is 55.2 Å². The molecule has 0 radical (unpaired) electrons. The van der Waals surface area contributed by atoms with Gasteiger partial charge in [0.25, 0.3) is 0 Å². The first kappa shape index (κ1) is 18.7. The van der Waals surface area contributed by atoms with Crippen LogP contribution in [0.4, 0.5) is 5.82 Å². The Hall–Kier alpha value is -3.32. The molecule has 152 valence electrons. The molecule has 7 nitrogen and oxygen atoms in total. The van der Waals surface area contributed by atoms with Crippen LogP contribution in [0.1, 0.15) is 16.7 Å². The molecule has 3 aromatic heterocycles. The van der Waals surface area contributed by atoms with Gasteiger partial charge in [-0.2, -0.15) is 4.98 Å². The summed E-state index contributed by atoms with van der Waals surface area (Å²) in [6, 6.07) is 10.4. The highest BCUT2D eigenvalue weighted by atomic mass is 15.3. The van der Waals surface area contributed by atoms with Gasteiger partial charge in [-0.3, -0.25) is 14.5 Å². The zero-order chi connectivity index (χ0) is 20.5. The Morgan fingerprint density at radius 2 is 1.63 bits per heavy atom. The number of fused-ring (bicyclic) bond motifs is 1. The third-order valence-corrected chi connectivity index (χ3v) is 5.86. The number of hydrogen-bond acceptors (Lipinski definition) is 6. The fourth-order valence-corrected chi connectivity index (χ4v) is 3.94.